The van der Waals surface area contributed by atoms with E-state index >= 15 is 4.39 Å². The molecule has 2 N–H and O–H groups in total. The zero-order valence-electron chi connectivity index (χ0n) is 17.8. The maximum absolute atomic E-state index is 15.0. The Labute approximate surface area is 191 Å². The summed E-state index contributed by atoms with van der Waals surface area (Å²) in [5.41, 5.74) is -0.315. The number of benzene rings is 2. The lowest BCUT2D eigenvalue weighted by atomic mass is 9.87. The molecular weight excluding hydrogens is 462 g/mol. The molecule has 0 unspecified atom stereocenters. The van der Waals surface area contributed by atoms with Crippen LogP contribution in [-0.4, -0.2) is 33.6 Å². The van der Waals surface area contributed by atoms with Crippen molar-refractivity contribution in [2.45, 2.75) is 48.8 Å². The lowest BCUT2D eigenvalue weighted by Gasteiger charge is -2.38. The number of ether oxygens (including phenoxy) is 1. The van der Waals surface area contributed by atoms with Gasteiger partial charge in [-0.15, -0.1) is 0 Å². The van der Waals surface area contributed by atoms with E-state index in [0.717, 1.165) is 12.1 Å². The van der Waals surface area contributed by atoms with Gasteiger partial charge in [-0.2, -0.15) is 0 Å². The van der Waals surface area contributed by atoms with Gasteiger partial charge in [0.25, 0.3) is 0 Å². The molecule has 0 saturated heterocycles. The summed E-state index contributed by atoms with van der Waals surface area (Å²) >= 11 is 5.91. The molecule has 1 aliphatic rings. The highest BCUT2D eigenvalue weighted by atomic mass is 35.5. The number of hydrogen-bond acceptors (Lipinski definition) is 4. The molecule has 1 aliphatic heterocycles. The van der Waals surface area contributed by atoms with E-state index in [-0.39, 0.29) is 60.7 Å². The van der Waals surface area contributed by atoms with E-state index in [1.807, 2.05) is 13.8 Å². The van der Waals surface area contributed by atoms with Crippen molar-refractivity contribution in [1.29, 1.82) is 0 Å². The number of rotatable bonds is 7. The van der Waals surface area contributed by atoms with Crippen molar-refractivity contribution in [2.24, 2.45) is 0 Å². The number of amides is 2. The zero-order chi connectivity index (χ0) is 23.5. The number of halogens is 3. The van der Waals surface area contributed by atoms with Crippen LogP contribution in [-0.2, 0) is 14.6 Å². The summed E-state index contributed by atoms with van der Waals surface area (Å²) in [5, 5.41) is 5.68. The van der Waals surface area contributed by atoms with Crippen molar-refractivity contribution < 1.29 is 26.7 Å². The van der Waals surface area contributed by atoms with Gasteiger partial charge in [-0.05, 0) is 63.1 Å². The summed E-state index contributed by atoms with van der Waals surface area (Å²) in [6.45, 7) is 3.68. The summed E-state index contributed by atoms with van der Waals surface area (Å²) in [5.74, 6) is -2.07. The van der Waals surface area contributed by atoms with Crippen molar-refractivity contribution in [3.05, 3.63) is 58.6 Å². The fourth-order valence-electron chi connectivity index (χ4n) is 3.92. The Hall–Kier alpha value is -2.39. The molecular formula is C22H25ClF2N2O4S. The Morgan fingerprint density at radius 3 is 2.47 bits per heavy atom. The molecule has 0 saturated carbocycles. The summed E-state index contributed by atoms with van der Waals surface area (Å²) in [6.07, 6.45) is 0.105. The third kappa shape index (κ3) is 4.68. The van der Waals surface area contributed by atoms with Gasteiger partial charge < -0.3 is 15.4 Å². The average Bonchev–Trinajstić information content (AvgIpc) is 2.73. The first-order valence-electron chi connectivity index (χ1n) is 10.2. The van der Waals surface area contributed by atoms with E-state index < -0.39 is 26.2 Å². The molecule has 32 heavy (non-hydrogen) atoms. The van der Waals surface area contributed by atoms with Gasteiger partial charge in [0, 0.05) is 24.0 Å². The second-order valence-electron chi connectivity index (χ2n) is 7.94. The monoisotopic (exact) mass is 486 g/mol. The lowest BCUT2D eigenvalue weighted by Crippen LogP contribution is -2.43. The minimum Gasteiger partial charge on any atom is -0.490 e. The predicted molar refractivity (Wildman–Crippen MR) is 118 cm³/mol. The van der Waals surface area contributed by atoms with Crippen molar-refractivity contribution in [2.75, 3.05) is 13.2 Å². The number of carbonyl (C=O) groups is 1. The number of urea groups is 1. The number of hydrogen-bond donors (Lipinski definition) is 2. The van der Waals surface area contributed by atoms with Gasteiger partial charge in [-0.25, -0.2) is 22.0 Å². The van der Waals surface area contributed by atoms with E-state index in [0.29, 0.717) is 5.02 Å². The van der Waals surface area contributed by atoms with Crippen LogP contribution in [0.3, 0.4) is 0 Å². The maximum atomic E-state index is 15.0. The molecule has 2 amide bonds. The Morgan fingerprint density at radius 1 is 1.16 bits per heavy atom. The van der Waals surface area contributed by atoms with Crippen LogP contribution in [0.15, 0.2) is 41.3 Å². The van der Waals surface area contributed by atoms with E-state index in [9.17, 15) is 17.6 Å². The highest BCUT2D eigenvalue weighted by Gasteiger charge is 2.51. The highest BCUT2D eigenvalue weighted by molar-refractivity contribution is 7.92. The lowest BCUT2D eigenvalue weighted by molar-refractivity contribution is 0.224. The fourth-order valence-corrected chi connectivity index (χ4v) is 6.22. The highest BCUT2D eigenvalue weighted by Crippen LogP contribution is 2.50. The molecule has 3 rings (SSSR count). The van der Waals surface area contributed by atoms with Crippen LogP contribution in [0.25, 0.3) is 0 Å². The topological polar surface area (TPSA) is 84.5 Å². The Bertz CT molecular complexity index is 1090. The number of sulfone groups is 1. The molecule has 1 atom stereocenters. The van der Waals surface area contributed by atoms with Crippen LogP contribution in [0.4, 0.5) is 13.6 Å². The van der Waals surface area contributed by atoms with Crippen molar-refractivity contribution in [3.63, 3.8) is 0 Å². The Balaban J connectivity index is 2.02. The first-order chi connectivity index (χ1) is 15.1. The van der Waals surface area contributed by atoms with Crippen LogP contribution >= 0.6 is 11.6 Å². The standard InChI is InChI=1S/C22H25ClF2N2O4S/c1-14(2)27-21(28)26-12-3-10-22(32(29,30)16-6-4-15(23)5-7-16)11-13-31-20-18(25)9-8-17(24)19(20)22/h4-9,14H,3,10-13H2,1-2H3,(H2,26,27,28)/t22-/m1/s1. The quantitative estimate of drug-likeness (QED) is 0.562. The molecule has 0 fully saturated rings. The van der Waals surface area contributed by atoms with Crippen LogP contribution in [0, 0.1) is 11.6 Å². The largest absolute Gasteiger partial charge is 0.490 e. The Morgan fingerprint density at radius 2 is 1.81 bits per heavy atom. The zero-order valence-corrected chi connectivity index (χ0v) is 19.3. The van der Waals surface area contributed by atoms with Crippen LogP contribution in [0.5, 0.6) is 5.75 Å². The number of nitrogens with one attached hydrogen (secondary N) is 2. The number of fused-ring (bicyclic) bond motifs is 1. The maximum Gasteiger partial charge on any atom is 0.314 e. The van der Waals surface area contributed by atoms with E-state index in [2.05, 4.69) is 10.6 Å². The van der Waals surface area contributed by atoms with E-state index in [4.69, 9.17) is 16.3 Å². The summed E-state index contributed by atoms with van der Waals surface area (Å²) in [4.78, 5) is 11.8. The van der Waals surface area contributed by atoms with Crippen LogP contribution in [0.2, 0.25) is 5.02 Å². The molecule has 0 bridgehead atoms. The third-order valence-electron chi connectivity index (χ3n) is 5.37. The predicted octanol–water partition coefficient (Wildman–Crippen LogP) is 4.56. The molecule has 6 nitrogen and oxygen atoms in total. The summed E-state index contributed by atoms with van der Waals surface area (Å²) < 4.78 is 60.8. The van der Waals surface area contributed by atoms with Gasteiger partial charge in [-0.1, -0.05) is 11.6 Å². The third-order valence-corrected chi connectivity index (χ3v) is 8.15. The molecule has 0 aromatic heterocycles. The van der Waals surface area contributed by atoms with Gasteiger partial charge in [0.1, 0.15) is 10.6 Å². The van der Waals surface area contributed by atoms with Gasteiger partial charge in [0.2, 0.25) is 0 Å². The molecule has 2 aromatic rings. The van der Waals surface area contributed by atoms with E-state index in [1.165, 1.54) is 24.3 Å². The summed E-state index contributed by atoms with van der Waals surface area (Å²) in [6, 6.07) is 6.93. The first kappa shape index (κ1) is 24.3. The van der Waals surface area contributed by atoms with Crippen molar-refractivity contribution in [1.82, 2.24) is 10.6 Å². The molecule has 10 heteroatoms. The number of carbonyl (C=O) groups excluding carboxylic acids is 1. The molecule has 174 valence electrons. The minimum atomic E-state index is -4.19. The van der Waals surface area contributed by atoms with Crippen LogP contribution in [0.1, 0.15) is 38.7 Å². The Kier molecular flexibility index (Phi) is 7.29. The molecule has 0 aliphatic carbocycles. The second kappa shape index (κ2) is 9.62. The summed E-state index contributed by atoms with van der Waals surface area (Å²) in [7, 11) is -4.19. The van der Waals surface area contributed by atoms with Crippen LogP contribution < -0.4 is 15.4 Å². The SMILES string of the molecule is CC(C)NC(=O)NCCC[C@@]1(S(=O)(=O)c2ccc(Cl)cc2)CCOc2c(F)ccc(F)c21. The van der Waals surface area contributed by atoms with Crippen molar-refractivity contribution in [3.8, 4) is 5.75 Å². The van der Waals surface area contributed by atoms with Gasteiger partial charge >= 0.3 is 6.03 Å². The second-order valence-corrected chi connectivity index (χ2v) is 10.6. The van der Waals surface area contributed by atoms with Crippen molar-refractivity contribution >= 4 is 27.5 Å². The molecule has 2 aromatic carbocycles. The normalized spacial score (nSPS) is 18.1. The van der Waals surface area contributed by atoms with Gasteiger partial charge in [-0.3, -0.25) is 0 Å². The van der Waals surface area contributed by atoms with E-state index in [1.54, 1.807) is 0 Å². The molecule has 1 heterocycles. The first-order valence-corrected chi connectivity index (χ1v) is 12.1. The smallest absolute Gasteiger partial charge is 0.314 e. The average molecular weight is 487 g/mol. The minimum absolute atomic E-state index is 0.0450. The van der Waals surface area contributed by atoms with Gasteiger partial charge in [0.05, 0.1) is 17.1 Å². The molecule has 0 radical (unpaired) electrons. The molecule has 0 spiro atoms. The fraction of sp³-hybridized carbons (Fsp3) is 0.409. The van der Waals surface area contributed by atoms with Gasteiger partial charge in [0.15, 0.2) is 21.4 Å².